The normalized spacial score (nSPS) is 12.8. The summed E-state index contributed by atoms with van der Waals surface area (Å²) in [7, 11) is 0. The van der Waals surface area contributed by atoms with Crippen molar-refractivity contribution in [3.63, 3.8) is 0 Å². The maximum absolute atomic E-state index is 2.57. The molecule has 0 radical (unpaired) electrons. The second-order valence-corrected chi connectivity index (χ2v) is 33.1. The highest BCUT2D eigenvalue weighted by atomic mass is 15.0. The van der Waals surface area contributed by atoms with Crippen LogP contribution < -0.4 is 0 Å². The van der Waals surface area contributed by atoms with Gasteiger partial charge in [0.1, 0.15) is 0 Å². The van der Waals surface area contributed by atoms with Crippen molar-refractivity contribution in [3.05, 3.63) is 478 Å². The highest BCUT2D eigenvalue weighted by Crippen LogP contribution is 2.49. The molecule has 0 N–H and O–H groups in total. The number of rotatable bonds is 16. The van der Waals surface area contributed by atoms with E-state index in [2.05, 4.69) is 423 Å². The van der Waals surface area contributed by atoms with Gasteiger partial charge in [0.05, 0.1) is 49.7 Å². The van der Waals surface area contributed by atoms with E-state index >= 15 is 0 Å². The van der Waals surface area contributed by atoms with Gasteiger partial charge in [-0.1, -0.05) is 273 Å². The number of benzene rings is 17. The van der Waals surface area contributed by atoms with Gasteiger partial charge >= 0.3 is 0 Å². The molecule has 22 aromatic rings. The van der Waals surface area contributed by atoms with Gasteiger partial charge in [-0.2, -0.15) is 0 Å². The Kier molecular flexibility index (Phi) is 16.1. The first-order chi connectivity index (χ1) is 58.9. The van der Waals surface area contributed by atoms with Crippen LogP contribution in [0.15, 0.2) is 400 Å². The van der Waals surface area contributed by atoms with E-state index in [4.69, 9.17) is 0 Å². The summed E-state index contributed by atoms with van der Waals surface area (Å²) in [5.74, 6) is 0.231. The van der Waals surface area contributed by atoms with Crippen molar-refractivity contribution in [1.82, 2.24) is 22.8 Å². The van der Waals surface area contributed by atoms with Crippen LogP contribution in [0.25, 0.3) is 144 Å². The van der Waals surface area contributed by atoms with E-state index in [1.54, 1.807) is 0 Å². The van der Waals surface area contributed by atoms with Crippen molar-refractivity contribution >= 4 is 104 Å². The van der Waals surface area contributed by atoms with Crippen molar-refractivity contribution in [1.29, 1.82) is 0 Å². The minimum absolute atomic E-state index is 0.231. The molecule has 5 aromatic heterocycles. The second kappa shape index (κ2) is 28.0. The van der Waals surface area contributed by atoms with E-state index in [1.165, 1.54) is 216 Å². The number of hydrogen-bond donors (Lipinski definition) is 0. The number of fused-ring (bicyclic) bond motifs is 18. The molecule has 119 heavy (non-hydrogen) atoms. The van der Waals surface area contributed by atoms with E-state index in [-0.39, 0.29) is 5.92 Å². The maximum Gasteiger partial charge on any atom is 0.0541 e. The van der Waals surface area contributed by atoms with Crippen LogP contribution in [0.5, 0.6) is 0 Å². The molecule has 5 nitrogen and oxygen atoms in total. The second-order valence-electron chi connectivity index (χ2n) is 33.1. The molecule has 0 atom stereocenters. The lowest BCUT2D eigenvalue weighted by molar-refractivity contribution is 0.834. The van der Waals surface area contributed by atoms with Crippen LogP contribution in [0.2, 0.25) is 0 Å². The first kappa shape index (κ1) is 68.6. The largest absolute Gasteiger partial charge is 0.313 e. The minimum atomic E-state index is 0.231. The quantitative estimate of drug-likeness (QED) is 0.0921. The summed E-state index contributed by atoms with van der Waals surface area (Å²) in [6.45, 7) is 0. The van der Waals surface area contributed by atoms with Crippen LogP contribution in [-0.2, 0) is 38.5 Å². The van der Waals surface area contributed by atoms with Gasteiger partial charge in [-0.15, -0.1) is 0 Å². The third kappa shape index (κ3) is 11.7. The van der Waals surface area contributed by atoms with Gasteiger partial charge in [-0.05, 0) is 256 Å². The van der Waals surface area contributed by atoms with E-state index in [9.17, 15) is 0 Å². The molecular formula is C114H81N5. The van der Waals surface area contributed by atoms with E-state index in [0.29, 0.717) is 0 Å². The Morgan fingerprint density at radius 2 is 0.462 bits per heavy atom. The molecule has 0 spiro atoms. The summed E-state index contributed by atoms with van der Waals surface area (Å²) >= 11 is 0. The zero-order valence-corrected chi connectivity index (χ0v) is 65.9. The highest BCUT2D eigenvalue weighted by Gasteiger charge is 2.30. The molecule has 5 heterocycles. The number of allylic oxidation sites excluding steroid dienone is 1. The fraction of sp³-hybridized carbons (Fsp3) is 0.0702. The van der Waals surface area contributed by atoms with Crippen molar-refractivity contribution in [2.75, 3.05) is 0 Å². The van der Waals surface area contributed by atoms with E-state index in [1.807, 2.05) is 0 Å². The average molecular weight is 1520 g/mol. The molecule has 0 saturated carbocycles. The van der Waals surface area contributed by atoms with Gasteiger partial charge in [0.2, 0.25) is 0 Å². The number of para-hydroxylation sites is 6. The average Bonchev–Trinajstić information content (AvgIpc) is 1.58. The van der Waals surface area contributed by atoms with Gasteiger partial charge < -0.3 is 22.8 Å². The fourth-order valence-electron chi connectivity index (χ4n) is 20.5. The van der Waals surface area contributed by atoms with E-state index in [0.717, 1.165) is 50.6 Å². The summed E-state index contributed by atoms with van der Waals surface area (Å²) < 4.78 is 12.3. The number of hydrogen-bond acceptors (Lipinski definition) is 0. The molecule has 2 aliphatic rings. The molecule has 0 unspecified atom stereocenters. The molecule has 0 bridgehead atoms. The minimum Gasteiger partial charge on any atom is -0.313 e. The SMILES string of the molecule is C1=C(Cc2ccc(-n3c4ccccc4c4ccccc43)cc2)CCc2c1c1cc(Cc3ccc(C4c5ccccc5-c5ccccc54)cc3)ccc1n2-c1ccc(Cc2ccc(-n3c4ccc(Cc5ccc(-n6c7ccccc7c7ccccc76)cc5)cc4c4cc(Cc5ccc(-n6c7ccccc7c7ccccc76)cc5)ccc43)cc2)cc1. The van der Waals surface area contributed by atoms with Crippen LogP contribution >= 0.6 is 0 Å². The van der Waals surface area contributed by atoms with E-state index < -0.39 is 0 Å². The Bertz CT molecular complexity index is 7410. The molecule has 0 amide bonds. The third-order valence-corrected chi connectivity index (χ3v) is 26.0. The Hall–Kier alpha value is -14.8. The summed E-state index contributed by atoms with van der Waals surface area (Å²) in [4.78, 5) is 0. The summed E-state index contributed by atoms with van der Waals surface area (Å²) in [5.41, 5.74) is 39.6. The molecule has 17 aromatic carbocycles. The molecular weight excluding hydrogens is 1440 g/mol. The molecule has 0 fully saturated rings. The van der Waals surface area contributed by atoms with Crippen molar-refractivity contribution in [2.45, 2.75) is 50.9 Å². The summed E-state index contributed by atoms with van der Waals surface area (Å²) in [6.07, 6.45) is 8.73. The van der Waals surface area contributed by atoms with Gasteiger partial charge in [-0.25, -0.2) is 0 Å². The summed E-state index contributed by atoms with van der Waals surface area (Å²) in [6, 6.07) is 148. The number of nitrogens with zero attached hydrogens (tertiary/aromatic N) is 5. The Morgan fingerprint density at radius 3 is 0.815 bits per heavy atom. The summed E-state index contributed by atoms with van der Waals surface area (Å²) in [5, 5.41) is 11.5. The lowest BCUT2D eigenvalue weighted by atomic mass is 9.88. The standard InChI is InChI=1S/C114H81N5/c1-3-25-98-90(17-1)91-18-2-4-26-99(91)114(98)84-49-33-74(34-50-84)66-80-45-61-110-100(70-80)101-71-81(67-77-39-55-85(56-40-77)115-104-27-11-5-19-92(104)93-20-6-12-28-105(93)115)46-62-111(101)118(110)88-51-35-75(36-52-88)65-76-37-53-89(54-38-76)119-112-63-47-82(68-78-41-57-86(58-42-78)116-106-29-13-7-21-94(106)95-22-8-14-30-107(95)116)72-102(112)103-73-83(48-64-113(103)119)69-79-43-59-87(60-44-79)117-108-31-15-9-23-96(108)97-24-10-16-32-109(97)117/h1-45,47-61,63-64,70-73,114H,46,62,65-69H2. The molecule has 0 saturated heterocycles. The molecule has 562 valence electrons. The van der Waals surface area contributed by atoms with Crippen molar-refractivity contribution < 1.29 is 0 Å². The zero-order chi connectivity index (χ0) is 78.2. The highest BCUT2D eigenvalue weighted by molar-refractivity contribution is 6.13. The monoisotopic (exact) mass is 1520 g/mol. The van der Waals surface area contributed by atoms with Crippen LogP contribution in [0.4, 0.5) is 0 Å². The Balaban J connectivity index is 0.534. The Labute approximate surface area is 690 Å². The zero-order valence-electron chi connectivity index (χ0n) is 65.9. The van der Waals surface area contributed by atoms with Crippen LogP contribution in [0.1, 0.15) is 90.4 Å². The molecule has 0 aliphatic heterocycles. The lowest BCUT2D eigenvalue weighted by Gasteiger charge is -2.18. The van der Waals surface area contributed by atoms with Gasteiger partial charge in [0.15, 0.2) is 0 Å². The first-order valence-corrected chi connectivity index (χ1v) is 42.1. The van der Waals surface area contributed by atoms with Crippen molar-refractivity contribution in [3.8, 4) is 39.6 Å². The molecule has 24 rings (SSSR count). The topological polar surface area (TPSA) is 24.6 Å². The fourth-order valence-corrected chi connectivity index (χ4v) is 20.5. The number of aromatic nitrogens is 5. The molecule has 2 aliphatic carbocycles. The first-order valence-electron chi connectivity index (χ1n) is 42.1. The van der Waals surface area contributed by atoms with Gasteiger partial charge in [-0.3, -0.25) is 0 Å². The van der Waals surface area contributed by atoms with Gasteiger partial charge in [0.25, 0.3) is 0 Å². The predicted molar refractivity (Wildman–Crippen MR) is 497 cm³/mol. The molecule has 5 heteroatoms. The van der Waals surface area contributed by atoms with Crippen LogP contribution in [-0.4, -0.2) is 22.8 Å². The van der Waals surface area contributed by atoms with Crippen LogP contribution in [0, 0.1) is 0 Å². The van der Waals surface area contributed by atoms with Crippen LogP contribution in [0.3, 0.4) is 0 Å². The van der Waals surface area contributed by atoms with Gasteiger partial charge in [0, 0.05) is 94.1 Å². The lowest BCUT2D eigenvalue weighted by Crippen LogP contribution is -2.06. The maximum atomic E-state index is 2.57. The van der Waals surface area contributed by atoms with Crippen molar-refractivity contribution in [2.24, 2.45) is 0 Å². The third-order valence-electron chi connectivity index (χ3n) is 26.0. The predicted octanol–water partition coefficient (Wildman–Crippen LogP) is 28.1. The smallest absolute Gasteiger partial charge is 0.0541 e. The Morgan fingerprint density at radius 1 is 0.202 bits per heavy atom.